The molecule has 0 saturated carbocycles. The molecule has 132 valence electrons. The third-order valence-electron chi connectivity index (χ3n) is 2.90. The first kappa shape index (κ1) is 19.7. The number of fused-ring (bicyclic) bond motifs is 2. The highest BCUT2D eigenvalue weighted by atomic mass is 16.6. The molecule has 4 heteroatoms. The van der Waals surface area contributed by atoms with E-state index in [9.17, 15) is 0 Å². The topological polar surface area (TPSA) is 36.9 Å². The van der Waals surface area contributed by atoms with Crippen LogP contribution in [0.25, 0.3) is 0 Å². The predicted octanol–water partition coefficient (Wildman–Crippen LogP) is 4.97. The van der Waals surface area contributed by atoms with Crippen molar-refractivity contribution in [3.05, 3.63) is 48.5 Å². The van der Waals surface area contributed by atoms with Crippen molar-refractivity contribution in [1.29, 1.82) is 0 Å². The van der Waals surface area contributed by atoms with Crippen molar-refractivity contribution in [3.63, 3.8) is 0 Å². The van der Waals surface area contributed by atoms with Crippen molar-refractivity contribution in [3.8, 4) is 23.0 Å². The van der Waals surface area contributed by atoms with E-state index in [0.29, 0.717) is 26.4 Å². The van der Waals surface area contributed by atoms with E-state index in [2.05, 4.69) is 0 Å². The van der Waals surface area contributed by atoms with Gasteiger partial charge in [-0.1, -0.05) is 52.0 Å². The van der Waals surface area contributed by atoms with Crippen LogP contribution in [0.5, 0.6) is 23.0 Å². The quantitative estimate of drug-likeness (QED) is 0.682. The third kappa shape index (κ3) is 6.03. The summed E-state index contributed by atoms with van der Waals surface area (Å²) in [5.74, 6) is 2.91. The Hall–Kier alpha value is -2.36. The van der Waals surface area contributed by atoms with Crippen molar-refractivity contribution < 1.29 is 18.9 Å². The Morgan fingerprint density at radius 1 is 0.458 bits per heavy atom. The minimum absolute atomic E-state index is 0.453. The van der Waals surface area contributed by atoms with Crippen LogP contribution >= 0.6 is 0 Å². The molecule has 0 saturated heterocycles. The maximum Gasteiger partial charge on any atom is 0.161 e. The molecule has 1 aliphatic rings. The van der Waals surface area contributed by atoms with E-state index < -0.39 is 0 Å². The molecular formula is C20H28O4. The van der Waals surface area contributed by atoms with Gasteiger partial charge in [0.2, 0.25) is 0 Å². The SMILES string of the molecule is CC.CC.c1ccc2c(c1)OCCOc1ccccc1OCCO2. The van der Waals surface area contributed by atoms with Gasteiger partial charge in [0.05, 0.1) is 0 Å². The zero-order valence-corrected chi connectivity index (χ0v) is 15.1. The minimum Gasteiger partial charge on any atom is -0.486 e. The van der Waals surface area contributed by atoms with Gasteiger partial charge in [0.15, 0.2) is 23.0 Å². The first-order valence-corrected chi connectivity index (χ1v) is 8.63. The number of hydrogen-bond donors (Lipinski definition) is 0. The van der Waals surface area contributed by atoms with Gasteiger partial charge in [-0.3, -0.25) is 0 Å². The monoisotopic (exact) mass is 332 g/mol. The molecule has 0 amide bonds. The molecule has 0 spiro atoms. The summed E-state index contributed by atoms with van der Waals surface area (Å²) in [5.41, 5.74) is 0. The van der Waals surface area contributed by atoms with Gasteiger partial charge in [0, 0.05) is 0 Å². The summed E-state index contributed by atoms with van der Waals surface area (Å²) >= 11 is 0. The average molecular weight is 332 g/mol. The highest BCUT2D eigenvalue weighted by Crippen LogP contribution is 2.29. The Bertz CT molecular complexity index is 468. The maximum absolute atomic E-state index is 5.68. The van der Waals surface area contributed by atoms with Crippen molar-refractivity contribution in [2.24, 2.45) is 0 Å². The summed E-state index contributed by atoms with van der Waals surface area (Å²) in [6, 6.07) is 15.2. The van der Waals surface area contributed by atoms with E-state index in [1.54, 1.807) is 0 Å². The van der Waals surface area contributed by atoms with E-state index in [4.69, 9.17) is 18.9 Å². The zero-order valence-electron chi connectivity index (χ0n) is 15.1. The maximum atomic E-state index is 5.68. The lowest BCUT2D eigenvalue weighted by atomic mass is 10.3. The number of rotatable bonds is 0. The average Bonchev–Trinajstić information content (AvgIpc) is 2.66. The zero-order chi connectivity index (χ0) is 17.6. The third-order valence-corrected chi connectivity index (χ3v) is 2.90. The molecule has 1 aliphatic heterocycles. The van der Waals surface area contributed by atoms with E-state index >= 15 is 0 Å². The summed E-state index contributed by atoms with van der Waals surface area (Å²) < 4.78 is 22.7. The fourth-order valence-electron chi connectivity index (χ4n) is 1.98. The molecule has 0 bridgehead atoms. The minimum atomic E-state index is 0.453. The Labute approximate surface area is 145 Å². The van der Waals surface area contributed by atoms with Gasteiger partial charge in [-0.2, -0.15) is 0 Å². The largest absolute Gasteiger partial charge is 0.486 e. The van der Waals surface area contributed by atoms with Crippen LogP contribution in [-0.2, 0) is 0 Å². The second kappa shape index (κ2) is 12.1. The van der Waals surface area contributed by atoms with E-state index in [0.717, 1.165) is 23.0 Å². The van der Waals surface area contributed by atoms with Crippen LogP contribution in [0.2, 0.25) is 0 Å². The van der Waals surface area contributed by atoms with Crippen LogP contribution in [0.4, 0.5) is 0 Å². The molecule has 1 heterocycles. The Morgan fingerprint density at radius 3 is 0.875 bits per heavy atom. The standard InChI is InChI=1S/C16H16O4.2C2H6/c1-2-6-14-13(5-1)17-9-10-19-15-7-3-4-8-16(15)20-12-11-18-14;2*1-2/h1-8H,9-12H2;2*1-2H3. The lowest BCUT2D eigenvalue weighted by Gasteiger charge is -2.17. The lowest BCUT2D eigenvalue weighted by molar-refractivity contribution is 0.171. The van der Waals surface area contributed by atoms with Gasteiger partial charge < -0.3 is 18.9 Å². The van der Waals surface area contributed by atoms with Crippen LogP contribution in [0.1, 0.15) is 27.7 Å². The highest BCUT2D eigenvalue weighted by molar-refractivity contribution is 5.40. The van der Waals surface area contributed by atoms with Crippen LogP contribution in [-0.4, -0.2) is 26.4 Å². The summed E-state index contributed by atoms with van der Waals surface area (Å²) in [7, 11) is 0. The van der Waals surface area contributed by atoms with Crippen molar-refractivity contribution >= 4 is 0 Å². The number of hydrogen-bond acceptors (Lipinski definition) is 4. The Kier molecular flexibility index (Phi) is 9.93. The second-order valence-corrected chi connectivity index (χ2v) is 4.29. The molecule has 0 aliphatic carbocycles. The van der Waals surface area contributed by atoms with Crippen molar-refractivity contribution in [1.82, 2.24) is 0 Å². The van der Waals surface area contributed by atoms with Crippen LogP contribution in [0.3, 0.4) is 0 Å². The van der Waals surface area contributed by atoms with Crippen LogP contribution in [0, 0.1) is 0 Å². The fourth-order valence-corrected chi connectivity index (χ4v) is 1.98. The molecule has 24 heavy (non-hydrogen) atoms. The van der Waals surface area contributed by atoms with Gasteiger partial charge in [-0.25, -0.2) is 0 Å². The first-order valence-electron chi connectivity index (χ1n) is 8.63. The molecule has 0 N–H and O–H groups in total. The summed E-state index contributed by atoms with van der Waals surface area (Å²) in [6.07, 6.45) is 0. The molecule has 0 radical (unpaired) electrons. The highest BCUT2D eigenvalue weighted by Gasteiger charge is 2.08. The van der Waals surface area contributed by atoms with E-state index in [1.807, 2.05) is 76.2 Å². The predicted molar refractivity (Wildman–Crippen MR) is 97.6 cm³/mol. The fraction of sp³-hybridized carbons (Fsp3) is 0.400. The van der Waals surface area contributed by atoms with Crippen LogP contribution < -0.4 is 18.9 Å². The van der Waals surface area contributed by atoms with E-state index in [-0.39, 0.29) is 0 Å². The first-order chi connectivity index (χ1) is 11.9. The van der Waals surface area contributed by atoms with Gasteiger partial charge in [-0.05, 0) is 24.3 Å². The number of ether oxygens (including phenoxy) is 4. The van der Waals surface area contributed by atoms with Gasteiger partial charge in [-0.15, -0.1) is 0 Å². The molecule has 2 aromatic rings. The number of para-hydroxylation sites is 4. The second-order valence-electron chi connectivity index (χ2n) is 4.29. The van der Waals surface area contributed by atoms with Gasteiger partial charge >= 0.3 is 0 Å². The van der Waals surface area contributed by atoms with Crippen LogP contribution in [0.15, 0.2) is 48.5 Å². The molecule has 0 unspecified atom stereocenters. The van der Waals surface area contributed by atoms with E-state index in [1.165, 1.54) is 0 Å². The smallest absolute Gasteiger partial charge is 0.161 e. The molecular weight excluding hydrogens is 304 g/mol. The summed E-state index contributed by atoms with van der Waals surface area (Å²) in [6.45, 7) is 9.81. The van der Waals surface area contributed by atoms with Crippen molar-refractivity contribution in [2.75, 3.05) is 26.4 Å². The normalized spacial score (nSPS) is 12.8. The van der Waals surface area contributed by atoms with Gasteiger partial charge in [0.1, 0.15) is 26.4 Å². The summed E-state index contributed by atoms with van der Waals surface area (Å²) in [4.78, 5) is 0. The Balaban J connectivity index is 0.000000671. The molecule has 2 aromatic carbocycles. The molecule has 0 fully saturated rings. The Morgan fingerprint density at radius 2 is 0.667 bits per heavy atom. The van der Waals surface area contributed by atoms with Gasteiger partial charge in [0.25, 0.3) is 0 Å². The summed E-state index contributed by atoms with van der Waals surface area (Å²) in [5, 5.41) is 0. The molecule has 0 atom stereocenters. The molecule has 4 nitrogen and oxygen atoms in total. The van der Waals surface area contributed by atoms with Crippen molar-refractivity contribution in [2.45, 2.75) is 27.7 Å². The number of benzene rings is 2. The lowest BCUT2D eigenvalue weighted by Crippen LogP contribution is -2.14. The molecule has 3 rings (SSSR count). The molecule has 0 aromatic heterocycles.